The number of hydrogen-bond donors (Lipinski definition) is 0. The summed E-state index contributed by atoms with van der Waals surface area (Å²) in [5, 5.41) is 3.71. The summed E-state index contributed by atoms with van der Waals surface area (Å²) >= 11 is 0. The summed E-state index contributed by atoms with van der Waals surface area (Å²) in [4.78, 5) is 2.82. The van der Waals surface area contributed by atoms with Crippen LogP contribution in [0, 0.1) is 12.3 Å². The molecular formula is C11H15N3O4. The lowest BCUT2D eigenvalue weighted by molar-refractivity contribution is -0.210. The van der Waals surface area contributed by atoms with Crippen molar-refractivity contribution in [2.45, 2.75) is 44.2 Å². The quantitative estimate of drug-likeness (QED) is 0.247. The first kappa shape index (κ1) is 13.1. The van der Waals surface area contributed by atoms with Crippen LogP contribution < -0.4 is 0 Å². The zero-order valence-electron chi connectivity index (χ0n) is 10.3. The van der Waals surface area contributed by atoms with Crippen LogP contribution >= 0.6 is 0 Å². The van der Waals surface area contributed by atoms with Crippen LogP contribution in [0.1, 0.15) is 13.8 Å². The molecule has 98 valence electrons. The summed E-state index contributed by atoms with van der Waals surface area (Å²) in [5.74, 6) is 1.63. The molecule has 2 heterocycles. The minimum Gasteiger partial charge on any atom is -0.366 e. The van der Waals surface area contributed by atoms with E-state index in [0.29, 0.717) is 0 Å². The Labute approximate surface area is 105 Å². The van der Waals surface area contributed by atoms with E-state index < -0.39 is 30.3 Å². The van der Waals surface area contributed by atoms with Gasteiger partial charge in [-0.1, -0.05) is 11.0 Å². The van der Waals surface area contributed by atoms with Gasteiger partial charge in [0, 0.05) is 4.91 Å². The topological polar surface area (TPSA) is 85.7 Å². The Morgan fingerprint density at radius 1 is 1.50 bits per heavy atom. The number of rotatable bonds is 4. The van der Waals surface area contributed by atoms with Crippen LogP contribution in [-0.4, -0.2) is 43.5 Å². The van der Waals surface area contributed by atoms with Crippen molar-refractivity contribution in [3.63, 3.8) is 0 Å². The first-order valence-electron chi connectivity index (χ1n) is 5.64. The average molecular weight is 253 g/mol. The third-order valence-electron chi connectivity index (χ3n) is 2.77. The van der Waals surface area contributed by atoms with Crippen molar-refractivity contribution < 1.29 is 18.9 Å². The Kier molecular flexibility index (Phi) is 3.76. The molecule has 4 atom stereocenters. The van der Waals surface area contributed by atoms with Crippen molar-refractivity contribution in [3.8, 4) is 12.3 Å². The minimum absolute atomic E-state index is 0.186. The Balaban J connectivity index is 2.03. The summed E-state index contributed by atoms with van der Waals surface area (Å²) in [7, 11) is 0. The molecule has 2 rings (SSSR count). The van der Waals surface area contributed by atoms with Crippen molar-refractivity contribution >= 4 is 0 Å². The maximum absolute atomic E-state index is 8.60. The van der Waals surface area contributed by atoms with Crippen molar-refractivity contribution in [1.29, 1.82) is 0 Å². The molecule has 2 fully saturated rings. The van der Waals surface area contributed by atoms with Gasteiger partial charge < -0.3 is 18.9 Å². The molecule has 0 amide bonds. The first-order chi connectivity index (χ1) is 8.57. The van der Waals surface area contributed by atoms with Crippen molar-refractivity contribution in [3.05, 3.63) is 10.4 Å². The van der Waals surface area contributed by atoms with Crippen LogP contribution in [-0.2, 0) is 18.9 Å². The van der Waals surface area contributed by atoms with Crippen LogP contribution in [0.25, 0.3) is 10.4 Å². The monoisotopic (exact) mass is 253 g/mol. The van der Waals surface area contributed by atoms with E-state index in [2.05, 4.69) is 15.9 Å². The van der Waals surface area contributed by atoms with E-state index in [0.717, 1.165) is 0 Å². The molecule has 2 saturated heterocycles. The standard InChI is InChI=1S/C11H15N3O4/c1-4-5-15-6-7-8(13-14-12)9-10(16-7)18-11(2,3)17-9/h1,7-10H,5-6H2,2-3H3/t7-,8+,9-,10-/m1/s1. The van der Waals surface area contributed by atoms with Crippen LogP contribution in [0.4, 0.5) is 0 Å². The smallest absolute Gasteiger partial charge is 0.188 e. The number of hydrogen-bond acceptors (Lipinski definition) is 5. The number of ether oxygens (including phenoxy) is 4. The maximum atomic E-state index is 8.60. The van der Waals surface area contributed by atoms with Gasteiger partial charge in [0.15, 0.2) is 12.1 Å². The Bertz CT molecular complexity index is 400. The summed E-state index contributed by atoms with van der Waals surface area (Å²) < 4.78 is 22.1. The highest BCUT2D eigenvalue weighted by Crippen LogP contribution is 2.38. The van der Waals surface area contributed by atoms with Gasteiger partial charge in [-0.2, -0.15) is 0 Å². The van der Waals surface area contributed by atoms with E-state index in [4.69, 9.17) is 30.9 Å². The molecule has 2 aliphatic rings. The lowest BCUT2D eigenvalue weighted by Crippen LogP contribution is -2.35. The number of nitrogens with zero attached hydrogens (tertiary/aromatic N) is 3. The molecule has 0 aromatic heterocycles. The van der Waals surface area contributed by atoms with E-state index in [1.165, 1.54) is 0 Å². The fraction of sp³-hybridized carbons (Fsp3) is 0.818. The molecule has 0 aliphatic carbocycles. The number of azide groups is 1. The molecule has 7 heteroatoms. The van der Waals surface area contributed by atoms with Crippen molar-refractivity contribution in [2.75, 3.05) is 13.2 Å². The van der Waals surface area contributed by atoms with E-state index in [9.17, 15) is 0 Å². The van der Waals surface area contributed by atoms with Crippen LogP contribution in [0.5, 0.6) is 0 Å². The second-order valence-corrected chi connectivity index (χ2v) is 4.56. The molecule has 0 N–H and O–H groups in total. The van der Waals surface area contributed by atoms with E-state index in [-0.39, 0.29) is 13.2 Å². The molecule has 7 nitrogen and oxygen atoms in total. The van der Waals surface area contributed by atoms with Gasteiger partial charge in [0.25, 0.3) is 0 Å². The summed E-state index contributed by atoms with van der Waals surface area (Å²) in [6.07, 6.45) is 3.74. The molecule has 2 aliphatic heterocycles. The second kappa shape index (κ2) is 5.14. The summed E-state index contributed by atoms with van der Waals surface area (Å²) in [6, 6.07) is -0.473. The third-order valence-corrected chi connectivity index (χ3v) is 2.77. The number of fused-ring (bicyclic) bond motifs is 1. The maximum Gasteiger partial charge on any atom is 0.188 e. The fourth-order valence-corrected chi connectivity index (χ4v) is 2.13. The van der Waals surface area contributed by atoms with Gasteiger partial charge in [-0.3, -0.25) is 0 Å². The Hall–Kier alpha value is -1.29. The highest BCUT2D eigenvalue weighted by molar-refractivity contribution is 4.98. The molecule has 0 spiro atoms. The molecule has 0 bridgehead atoms. The van der Waals surface area contributed by atoms with E-state index in [1.54, 1.807) is 13.8 Å². The van der Waals surface area contributed by atoms with Gasteiger partial charge in [0.05, 0.1) is 18.8 Å². The van der Waals surface area contributed by atoms with E-state index >= 15 is 0 Å². The van der Waals surface area contributed by atoms with Gasteiger partial charge >= 0.3 is 0 Å². The molecule has 0 saturated carbocycles. The third kappa shape index (κ3) is 2.58. The van der Waals surface area contributed by atoms with Crippen LogP contribution in [0.2, 0.25) is 0 Å². The van der Waals surface area contributed by atoms with Gasteiger partial charge in [0.2, 0.25) is 0 Å². The molecular weight excluding hydrogens is 238 g/mol. The normalized spacial score (nSPS) is 36.7. The molecule has 18 heavy (non-hydrogen) atoms. The zero-order valence-corrected chi connectivity index (χ0v) is 10.3. The first-order valence-corrected chi connectivity index (χ1v) is 5.64. The lowest BCUT2D eigenvalue weighted by Gasteiger charge is -2.23. The fourth-order valence-electron chi connectivity index (χ4n) is 2.13. The summed E-state index contributed by atoms with van der Waals surface area (Å²) in [5.41, 5.74) is 8.60. The number of terminal acetylenes is 1. The van der Waals surface area contributed by atoms with Gasteiger partial charge in [-0.15, -0.1) is 6.42 Å². The van der Waals surface area contributed by atoms with Crippen LogP contribution in [0.15, 0.2) is 5.11 Å². The predicted molar refractivity (Wildman–Crippen MR) is 61.3 cm³/mol. The Morgan fingerprint density at radius 3 is 2.94 bits per heavy atom. The average Bonchev–Trinajstić information content (AvgIpc) is 2.74. The lowest BCUT2D eigenvalue weighted by atomic mass is 10.1. The Morgan fingerprint density at radius 2 is 2.28 bits per heavy atom. The van der Waals surface area contributed by atoms with Gasteiger partial charge in [-0.05, 0) is 19.4 Å². The molecule has 0 radical (unpaired) electrons. The van der Waals surface area contributed by atoms with Crippen molar-refractivity contribution in [1.82, 2.24) is 0 Å². The van der Waals surface area contributed by atoms with Gasteiger partial charge in [-0.25, -0.2) is 0 Å². The predicted octanol–water partition coefficient (Wildman–Crippen LogP) is 1.19. The van der Waals surface area contributed by atoms with Gasteiger partial charge in [0.1, 0.15) is 12.7 Å². The SMILES string of the molecule is C#CCOC[C@H]1O[C@@H]2OC(C)(C)O[C@@H]2[C@H]1N=[N+]=[N-]. The molecule has 0 unspecified atom stereocenters. The molecule has 0 aromatic carbocycles. The second-order valence-electron chi connectivity index (χ2n) is 4.56. The minimum atomic E-state index is -0.733. The van der Waals surface area contributed by atoms with Crippen molar-refractivity contribution in [2.24, 2.45) is 5.11 Å². The zero-order chi connectivity index (χ0) is 13.2. The summed E-state index contributed by atoms with van der Waals surface area (Å²) in [6.45, 7) is 4.00. The molecule has 0 aromatic rings. The highest BCUT2D eigenvalue weighted by atomic mass is 16.8. The largest absolute Gasteiger partial charge is 0.366 e. The van der Waals surface area contributed by atoms with E-state index in [1.807, 2.05) is 0 Å². The highest BCUT2D eigenvalue weighted by Gasteiger charge is 2.54. The van der Waals surface area contributed by atoms with Crippen LogP contribution in [0.3, 0.4) is 0 Å².